The SMILES string of the molecule is CO/N=C(/C)OCc1cccc(OC)c1. The highest BCUT2D eigenvalue weighted by Crippen LogP contribution is 2.13. The van der Waals surface area contributed by atoms with Crippen LogP contribution in [0.5, 0.6) is 5.75 Å². The highest BCUT2D eigenvalue weighted by atomic mass is 16.6. The smallest absolute Gasteiger partial charge is 0.222 e. The molecule has 0 radical (unpaired) electrons. The summed E-state index contributed by atoms with van der Waals surface area (Å²) in [5, 5.41) is 3.65. The van der Waals surface area contributed by atoms with Crippen LogP contribution in [0.4, 0.5) is 0 Å². The minimum atomic E-state index is 0.454. The van der Waals surface area contributed by atoms with Gasteiger partial charge in [0.15, 0.2) is 0 Å². The predicted octanol–water partition coefficient (Wildman–Crippen LogP) is 2.19. The second kappa shape index (κ2) is 5.90. The van der Waals surface area contributed by atoms with Crippen LogP contribution in [-0.4, -0.2) is 20.1 Å². The number of benzene rings is 1. The molecule has 0 aliphatic heterocycles. The van der Waals surface area contributed by atoms with Gasteiger partial charge in [0.05, 0.1) is 7.11 Å². The molecule has 0 saturated heterocycles. The van der Waals surface area contributed by atoms with Gasteiger partial charge in [-0.15, -0.1) is 0 Å². The molecule has 1 aromatic carbocycles. The first-order valence-corrected chi connectivity index (χ1v) is 4.59. The van der Waals surface area contributed by atoms with Gasteiger partial charge >= 0.3 is 0 Å². The third-order valence-corrected chi connectivity index (χ3v) is 1.80. The quantitative estimate of drug-likeness (QED) is 0.433. The Kier molecular flexibility index (Phi) is 4.47. The zero-order chi connectivity index (χ0) is 11.1. The van der Waals surface area contributed by atoms with E-state index in [-0.39, 0.29) is 0 Å². The van der Waals surface area contributed by atoms with Crippen LogP contribution in [0, 0.1) is 0 Å². The normalized spacial score (nSPS) is 11.0. The molecule has 15 heavy (non-hydrogen) atoms. The second-order valence-corrected chi connectivity index (χ2v) is 2.93. The van der Waals surface area contributed by atoms with Crippen LogP contribution in [0.15, 0.2) is 29.4 Å². The Morgan fingerprint density at radius 2 is 2.13 bits per heavy atom. The van der Waals surface area contributed by atoms with Crippen molar-refractivity contribution >= 4 is 5.90 Å². The molecular weight excluding hydrogens is 194 g/mol. The maximum absolute atomic E-state index is 5.34. The summed E-state index contributed by atoms with van der Waals surface area (Å²) >= 11 is 0. The minimum absolute atomic E-state index is 0.454. The predicted molar refractivity (Wildman–Crippen MR) is 57.9 cm³/mol. The first-order valence-electron chi connectivity index (χ1n) is 4.59. The molecule has 0 atom stereocenters. The van der Waals surface area contributed by atoms with Gasteiger partial charge < -0.3 is 14.3 Å². The fourth-order valence-electron chi connectivity index (χ4n) is 1.10. The van der Waals surface area contributed by atoms with E-state index >= 15 is 0 Å². The fraction of sp³-hybridized carbons (Fsp3) is 0.364. The molecule has 0 saturated carbocycles. The van der Waals surface area contributed by atoms with Crippen LogP contribution >= 0.6 is 0 Å². The Balaban J connectivity index is 2.53. The molecule has 0 aliphatic rings. The van der Waals surface area contributed by atoms with Gasteiger partial charge in [0.1, 0.15) is 19.5 Å². The van der Waals surface area contributed by atoms with Gasteiger partial charge in [0.2, 0.25) is 5.90 Å². The fourth-order valence-corrected chi connectivity index (χ4v) is 1.10. The molecular formula is C11H15NO3. The zero-order valence-electron chi connectivity index (χ0n) is 9.19. The van der Waals surface area contributed by atoms with Gasteiger partial charge in [-0.05, 0) is 17.7 Å². The monoisotopic (exact) mass is 209 g/mol. The summed E-state index contributed by atoms with van der Waals surface area (Å²) in [6.07, 6.45) is 0. The molecule has 0 aromatic heterocycles. The van der Waals surface area contributed by atoms with Crippen LogP contribution in [0.3, 0.4) is 0 Å². The van der Waals surface area contributed by atoms with E-state index in [2.05, 4.69) is 9.99 Å². The third-order valence-electron chi connectivity index (χ3n) is 1.80. The Morgan fingerprint density at radius 1 is 1.33 bits per heavy atom. The molecule has 0 heterocycles. The Hall–Kier alpha value is -1.71. The average molecular weight is 209 g/mol. The molecule has 4 heteroatoms. The summed E-state index contributed by atoms with van der Waals surface area (Å²) < 4.78 is 10.4. The van der Waals surface area contributed by atoms with Gasteiger partial charge in [-0.1, -0.05) is 17.3 Å². The van der Waals surface area contributed by atoms with Crippen molar-refractivity contribution in [3.8, 4) is 5.75 Å². The number of hydrogen-bond acceptors (Lipinski definition) is 4. The second-order valence-electron chi connectivity index (χ2n) is 2.93. The zero-order valence-corrected chi connectivity index (χ0v) is 9.19. The number of oxime groups is 1. The van der Waals surface area contributed by atoms with Crippen molar-refractivity contribution in [1.82, 2.24) is 0 Å². The molecule has 0 bridgehead atoms. The molecule has 0 amide bonds. The van der Waals surface area contributed by atoms with Crippen molar-refractivity contribution < 1.29 is 14.3 Å². The number of rotatable bonds is 4. The summed E-state index contributed by atoms with van der Waals surface area (Å²) in [7, 11) is 3.12. The number of nitrogens with zero attached hydrogens (tertiary/aromatic N) is 1. The van der Waals surface area contributed by atoms with Crippen LogP contribution in [0.25, 0.3) is 0 Å². The van der Waals surface area contributed by atoms with E-state index in [1.807, 2.05) is 24.3 Å². The van der Waals surface area contributed by atoms with Crippen molar-refractivity contribution in [2.75, 3.05) is 14.2 Å². The number of hydrogen-bond donors (Lipinski definition) is 0. The summed E-state index contributed by atoms with van der Waals surface area (Å²) in [5.74, 6) is 1.32. The number of methoxy groups -OCH3 is 1. The standard InChI is InChI=1S/C11H15NO3/c1-9(12-14-3)15-8-10-5-4-6-11(7-10)13-2/h4-7H,8H2,1-3H3/b12-9-. The van der Waals surface area contributed by atoms with Gasteiger partial charge in [0, 0.05) is 6.92 Å². The summed E-state index contributed by atoms with van der Waals surface area (Å²) in [5.41, 5.74) is 1.03. The maximum Gasteiger partial charge on any atom is 0.222 e. The van der Waals surface area contributed by atoms with E-state index < -0.39 is 0 Å². The van der Waals surface area contributed by atoms with E-state index in [0.29, 0.717) is 12.5 Å². The summed E-state index contributed by atoms with van der Waals surface area (Å²) in [4.78, 5) is 4.58. The molecule has 0 N–H and O–H groups in total. The number of ether oxygens (including phenoxy) is 2. The van der Waals surface area contributed by atoms with Gasteiger partial charge in [-0.25, -0.2) is 0 Å². The van der Waals surface area contributed by atoms with Gasteiger partial charge in [-0.2, -0.15) is 0 Å². The first kappa shape index (κ1) is 11.4. The lowest BCUT2D eigenvalue weighted by Gasteiger charge is -2.06. The lowest BCUT2D eigenvalue weighted by Crippen LogP contribution is -2.00. The molecule has 1 rings (SSSR count). The molecule has 82 valence electrons. The van der Waals surface area contributed by atoms with Crippen molar-refractivity contribution in [1.29, 1.82) is 0 Å². The first-order chi connectivity index (χ1) is 7.26. The van der Waals surface area contributed by atoms with Gasteiger partial charge in [-0.3, -0.25) is 0 Å². The molecule has 0 spiro atoms. The Morgan fingerprint density at radius 3 is 2.80 bits per heavy atom. The highest BCUT2D eigenvalue weighted by molar-refractivity contribution is 5.72. The molecule has 0 aliphatic carbocycles. The van der Waals surface area contributed by atoms with Gasteiger partial charge in [0.25, 0.3) is 0 Å². The molecule has 1 aromatic rings. The largest absolute Gasteiger partial charge is 0.497 e. The maximum atomic E-state index is 5.34. The topological polar surface area (TPSA) is 40.0 Å². The van der Waals surface area contributed by atoms with Crippen molar-refractivity contribution in [2.24, 2.45) is 5.16 Å². The third kappa shape index (κ3) is 3.89. The van der Waals surface area contributed by atoms with E-state index in [9.17, 15) is 0 Å². The summed E-state index contributed by atoms with van der Waals surface area (Å²) in [6, 6.07) is 7.68. The highest BCUT2D eigenvalue weighted by Gasteiger charge is 1.97. The van der Waals surface area contributed by atoms with Crippen LogP contribution in [0.1, 0.15) is 12.5 Å². The molecule has 0 unspecified atom stereocenters. The summed E-state index contributed by atoms with van der Waals surface area (Å²) in [6.45, 7) is 2.19. The Labute approximate surface area is 89.4 Å². The van der Waals surface area contributed by atoms with Crippen molar-refractivity contribution in [3.05, 3.63) is 29.8 Å². The van der Waals surface area contributed by atoms with Crippen molar-refractivity contribution in [3.63, 3.8) is 0 Å². The van der Waals surface area contributed by atoms with E-state index in [1.54, 1.807) is 14.0 Å². The minimum Gasteiger partial charge on any atom is -0.497 e. The van der Waals surface area contributed by atoms with Crippen LogP contribution in [-0.2, 0) is 16.2 Å². The molecule has 0 fully saturated rings. The average Bonchev–Trinajstić information content (AvgIpc) is 2.27. The van der Waals surface area contributed by atoms with Crippen LogP contribution < -0.4 is 4.74 Å². The van der Waals surface area contributed by atoms with Crippen molar-refractivity contribution in [2.45, 2.75) is 13.5 Å². The lowest BCUT2D eigenvalue weighted by molar-refractivity contribution is 0.187. The van der Waals surface area contributed by atoms with E-state index in [0.717, 1.165) is 11.3 Å². The van der Waals surface area contributed by atoms with Crippen LogP contribution in [0.2, 0.25) is 0 Å². The van der Waals surface area contributed by atoms with E-state index in [4.69, 9.17) is 9.47 Å². The van der Waals surface area contributed by atoms with E-state index in [1.165, 1.54) is 7.11 Å². The lowest BCUT2D eigenvalue weighted by atomic mass is 10.2. The molecule has 4 nitrogen and oxygen atoms in total. The Bertz CT molecular complexity index is 336.